The monoisotopic (exact) mass is 282 g/mol. The Hall–Kier alpha value is -0.730. The molecule has 0 saturated heterocycles. The van der Waals surface area contributed by atoms with Crippen LogP contribution >= 0.6 is 11.6 Å². The van der Waals surface area contributed by atoms with Crippen LogP contribution in [0.2, 0.25) is 0 Å². The predicted molar refractivity (Wildman–Crippen MR) is 86.4 cm³/mol. The first-order valence-corrected chi connectivity index (χ1v) is 7.65. The number of anilines is 1. The quantitative estimate of drug-likeness (QED) is 0.661. The molecule has 3 heteroatoms. The third-order valence-corrected chi connectivity index (χ3v) is 3.66. The molecule has 1 atom stereocenters. The molecule has 0 heterocycles. The normalized spacial score (nSPS) is 12.7. The van der Waals surface area contributed by atoms with Gasteiger partial charge in [0, 0.05) is 26.3 Å². The minimum atomic E-state index is 0.0781. The van der Waals surface area contributed by atoms with E-state index >= 15 is 0 Å². The summed E-state index contributed by atoms with van der Waals surface area (Å²) in [6, 6.07) is 8.55. The van der Waals surface area contributed by atoms with Crippen molar-refractivity contribution >= 4 is 17.3 Å². The first kappa shape index (κ1) is 16.3. The highest BCUT2D eigenvalue weighted by Crippen LogP contribution is 2.24. The van der Waals surface area contributed by atoms with E-state index in [-0.39, 0.29) is 5.38 Å². The first-order chi connectivity index (χ1) is 9.08. The lowest BCUT2D eigenvalue weighted by atomic mass is 10.1. The number of alkyl halides is 1. The summed E-state index contributed by atoms with van der Waals surface area (Å²) >= 11 is 6.55. The molecule has 19 heavy (non-hydrogen) atoms. The van der Waals surface area contributed by atoms with E-state index < -0.39 is 0 Å². The molecule has 0 radical (unpaired) electrons. The number of nitrogens with zero attached hydrogens (tertiary/aromatic N) is 2. The second-order valence-electron chi connectivity index (χ2n) is 5.25. The van der Waals surface area contributed by atoms with Crippen molar-refractivity contribution in [3.8, 4) is 0 Å². The van der Waals surface area contributed by atoms with Gasteiger partial charge in [-0.3, -0.25) is 0 Å². The van der Waals surface area contributed by atoms with E-state index in [1.807, 2.05) is 0 Å². The zero-order valence-electron chi connectivity index (χ0n) is 12.7. The summed E-state index contributed by atoms with van der Waals surface area (Å²) in [6.45, 7) is 7.64. The van der Waals surface area contributed by atoms with Crippen LogP contribution in [0.3, 0.4) is 0 Å². The van der Waals surface area contributed by atoms with Crippen molar-refractivity contribution in [3.05, 3.63) is 29.8 Å². The molecule has 0 bridgehead atoms. The highest BCUT2D eigenvalue weighted by atomic mass is 35.5. The molecule has 0 aliphatic carbocycles. The van der Waals surface area contributed by atoms with Gasteiger partial charge in [0.1, 0.15) is 0 Å². The van der Waals surface area contributed by atoms with Gasteiger partial charge in [0.25, 0.3) is 0 Å². The summed E-state index contributed by atoms with van der Waals surface area (Å²) in [5.41, 5.74) is 2.43. The molecule has 0 amide bonds. The van der Waals surface area contributed by atoms with E-state index in [1.54, 1.807) is 0 Å². The minimum absolute atomic E-state index is 0.0781. The van der Waals surface area contributed by atoms with Gasteiger partial charge in [-0.05, 0) is 43.6 Å². The molecular weight excluding hydrogens is 256 g/mol. The second kappa shape index (κ2) is 8.44. The number of rotatable bonds is 8. The molecular formula is C16H27ClN2. The zero-order chi connectivity index (χ0) is 14.3. The van der Waals surface area contributed by atoms with Crippen molar-refractivity contribution in [2.45, 2.75) is 32.1 Å². The predicted octanol–water partition coefficient (Wildman–Crippen LogP) is 4.15. The van der Waals surface area contributed by atoms with Crippen LogP contribution in [0.15, 0.2) is 24.3 Å². The average Bonchev–Trinajstić information content (AvgIpc) is 2.39. The Morgan fingerprint density at radius 3 is 1.95 bits per heavy atom. The molecule has 1 aromatic carbocycles. The Balaban J connectivity index is 2.62. The van der Waals surface area contributed by atoms with Crippen LogP contribution in [-0.4, -0.2) is 38.6 Å². The van der Waals surface area contributed by atoms with Gasteiger partial charge in [0.15, 0.2) is 0 Å². The average molecular weight is 283 g/mol. The molecule has 2 nitrogen and oxygen atoms in total. The number of benzene rings is 1. The number of hydrogen-bond acceptors (Lipinski definition) is 2. The molecule has 1 rings (SSSR count). The van der Waals surface area contributed by atoms with Gasteiger partial charge in [0.05, 0.1) is 5.38 Å². The summed E-state index contributed by atoms with van der Waals surface area (Å²) in [4.78, 5) is 4.56. The molecule has 0 N–H and O–H groups in total. The zero-order valence-corrected chi connectivity index (χ0v) is 13.5. The smallest absolute Gasteiger partial charge is 0.0712 e. The SMILES string of the molecule is CCCN(CCC)CC(Cl)c1ccc(N(C)C)cc1. The first-order valence-electron chi connectivity index (χ1n) is 7.22. The highest BCUT2D eigenvalue weighted by Gasteiger charge is 2.12. The van der Waals surface area contributed by atoms with E-state index in [0.717, 1.165) is 19.6 Å². The Morgan fingerprint density at radius 1 is 1.00 bits per heavy atom. The molecule has 0 spiro atoms. The molecule has 0 aromatic heterocycles. The summed E-state index contributed by atoms with van der Waals surface area (Å²) in [5, 5.41) is 0.0781. The van der Waals surface area contributed by atoms with Crippen LogP contribution < -0.4 is 4.90 Å². The topological polar surface area (TPSA) is 6.48 Å². The fourth-order valence-corrected chi connectivity index (χ4v) is 2.58. The Labute approximate surface area is 123 Å². The van der Waals surface area contributed by atoms with E-state index in [4.69, 9.17) is 11.6 Å². The van der Waals surface area contributed by atoms with Gasteiger partial charge in [-0.2, -0.15) is 0 Å². The highest BCUT2D eigenvalue weighted by molar-refractivity contribution is 6.21. The Kier molecular flexibility index (Phi) is 7.25. The summed E-state index contributed by atoms with van der Waals surface area (Å²) in [5.74, 6) is 0. The van der Waals surface area contributed by atoms with E-state index in [0.29, 0.717) is 0 Å². The summed E-state index contributed by atoms with van der Waals surface area (Å²) < 4.78 is 0. The number of halogens is 1. The van der Waals surface area contributed by atoms with Crippen molar-refractivity contribution in [2.24, 2.45) is 0 Å². The standard InChI is InChI=1S/C16H27ClN2/c1-5-11-19(12-6-2)13-16(17)14-7-9-15(10-8-14)18(3)4/h7-10,16H,5-6,11-13H2,1-4H3. The molecule has 1 aromatic rings. The lowest BCUT2D eigenvalue weighted by molar-refractivity contribution is 0.275. The fraction of sp³-hybridized carbons (Fsp3) is 0.625. The van der Waals surface area contributed by atoms with E-state index in [1.165, 1.54) is 24.1 Å². The maximum atomic E-state index is 6.55. The van der Waals surface area contributed by atoms with Gasteiger partial charge >= 0.3 is 0 Å². The minimum Gasteiger partial charge on any atom is -0.378 e. The van der Waals surface area contributed by atoms with Crippen LogP contribution in [0.5, 0.6) is 0 Å². The van der Waals surface area contributed by atoms with Gasteiger partial charge in [-0.25, -0.2) is 0 Å². The van der Waals surface area contributed by atoms with Crippen LogP contribution in [0.4, 0.5) is 5.69 Å². The maximum absolute atomic E-state index is 6.55. The second-order valence-corrected chi connectivity index (χ2v) is 5.78. The van der Waals surface area contributed by atoms with Crippen molar-refractivity contribution in [2.75, 3.05) is 38.6 Å². The van der Waals surface area contributed by atoms with Crippen molar-refractivity contribution < 1.29 is 0 Å². The van der Waals surface area contributed by atoms with E-state index in [2.05, 4.69) is 62.0 Å². The van der Waals surface area contributed by atoms with Crippen LogP contribution in [0.25, 0.3) is 0 Å². The van der Waals surface area contributed by atoms with Crippen LogP contribution in [0.1, 0.15) is 37.6 Å². The molecule has 0 saturated carbocycles. The lowest BCUT2D eigenvalue weighted by Gasteiger charge is -2.24. The van der Waals surface area contributed by atoms with Crippen molar-refractivity contribution in [1.82, 2.24) is 4.90 Å². The van der Waals surface area contributed by atoms with Gasteiger partial charge in [0.2, 0.25) is 0 Å². The number of hydrogen-bond donors (Lipinski definition) is 0. The molecule has 0 aliphatic rings. The van der Waals surface area contributed by atoms with Crippen LogP contribution in [-0.2, 0) is 0 Å². The van der Waals surface area contributed by atoms with Gasteiger partial charge in [-0.15, -0.1) is 11.6 Å². The third kappa shape index (κ3) is 5.42. The van der Waals surface area contributed by atoms with Gasteiger partial charge in [-0.1, -0.05) is 26.0 Å². The lowest BCUT2D eigenvalue weighted by Crippen LogP contribution is -2.28. The fourth-order valence-electron chi connectivity index (χ4n) is 2.24. The Morgan fingerprint density at radius 2 is 1.53 bits per heavy atom. The maximum Gasteiger partial charge on any atom is 0.0712 e. The Bertz CT molecular complexity index is 342. The van der Waals surface area contributed by atoms with Crippen molar-refractivity contribution in [1.29, 1.82) is 0 Å². The summed E-state index contributed by atoms with van der Waals surface area (Å²) in [6.07, 6.45) is 2.37. The van der Waals surface area contributed by atoms with Crippen molar-refractivity contribution in [3.63, 3.8) is 0 Å². The third-order valence-electron chi connectivity index (χ3n) is 3.27. The largest absolute Gasteiger partial charge is 0.378 e. The molecule has 0 fully saturated rings. The molecule has 1 unspecified atom stereocenters. The van der Waals surface area contributed by atoms with Crippen LogP contribution in [0, 0.1) is 0 Å². The summed E-state index contributed by atoms with van der Waals surface area (Å²) in [7, 11) is 4.11. The molecule has 0 aliphatic heterocycles. The van der Waals surface area contributed by atoms with E-state index in [9.17, 15) is 0 Å². The van der Waals surface area contributed by atoms with Gasteiger partial charge < -0.3 is 9.80 Å². The molecule has 108 valence electrons.